The summed E-state index contributed by atoms with van der Waals surface area (Å²) in [6, 6.07) is 15.4. The second-order valence-corrected chi connectivity index (χ2v) is 4.67. The van der Waals surface area contributed by atoms with E-state index in [2.05, 4.69) is 0 Å². The summed E-state index contributed by atoms with van der Waals surface area (Å²) in [5, 5.41) is 12.0. The Morgan fingerprint density at radius 2 is 1.75 bits per heavy atom. The molecule has 0 amide bonds. The van der Waals surface area contributed by atoms with Crippen LogP contribution in [0.2, 0.25) is 0 Å². The number of halogens is 1. The zero-order valence-corrected chi connectivity index (χ0v) is 10.7. The molecule has 0 aromatic heterocycles. The van der Waals surface area contributed by atoms with Crippen LogP contribution in [0.1, 0.15) is 11.1 Å². The quantitative estimate of drug-likeness (QED) is 0.931. The molecular formula is C16H14FNO2. The number of hydrogen-bond donors (Lipinski definition) is 1. The zero-order valence-electron chi connectivity index (χ0n) is 10.7. The van der Waals surface area contributed by atoms with Crippen LogP contribution >= 0.6 is 0 Å². The maximum Gasteiger partial charge on any atom is 0.238 e. The van der Waals surface area contributed by atoms with E-state index in [0.29, 0.717) is 12.1 Å². The Kier molecular flexibility index (Phi) is 3.26. The van der Waals surface area contributed by atoms with Crippen LogP contribution in [0.5, 0.6) is 0 Å². The van der Waals surface area contributed by atoms with E-state index in [1.807, 2.05) is 30.3 Å². The van der Waals surface area contributed by atoms with Crippen molar-refractivity contribution >= 4 is 0 Å². The summed E-state index contributed by atoms with van der Waals surface area (Å²) in [4.78, 5) is 5.53. The van der Waals surface area contributed by atoms with Crippen LogP contribution in [0.25, 0.3) is 0 Å². The molecule has 2 aromatic carbocycles. The fourth-order valence-electron chi connectivity index (χ4n) is 2.11. The number of benzene rings is 2. The molecule has 2 aromatic rings. The van der Waals surface area contributed by atoms with Crippen LogP contribution in [0.4, 0.5) is 4.39 Å². The van der Waals surface area contributed by atoms with Crippen molar-refractivity contribution in [2.75, 3.05) is 0 Å². The molecule has 4 heteroatoms. The number of rotatable bonds is 3. The van der Waals surface area contributed by atoms with E-state index in [-0.39, 0.29) is 5.82 Å². The van der Waals surface area contributed by atoms with E-state index in [4.69, 9.17) is 4.84 Å². The fraction of sp³-hybridized carbons (Fsp3) is 0.125. The Bertz CT molecular complexity index is 612. The molecule has 3 rings (SSSR count). The first-order valence-corrected chi connectivity index (χ1v) is 6.33. The molecule has 1 atom stereocenters. The van der Waals surface area contributed by atoms with E-state index in [0.717, 1.165) is 5.56 Å². The maximum absolute atomic E-state index is 12.9. The molecule has 0 fully saturated rings. The molecule has 0 bridgehead atoms. The topological polar surface area (TPSA) is 32.7 Å². The first kappa shape index (κ1) is 12.8. The predicted molar refractivity (Wildman–Crippen MR) is 72.5 cm³/mol. The van der Waals surface area contributed by atoms with Crippen LogP contribution < -0.4 is 0 Å². The maximum atomic E-state index is 12.9. The van der Waals surface area contributed by atoms with Gasteiger partial charge in [0.25, 0.3) is 0 Å². The molecule has 20 heavy (non-hydrogen) atoms. The third kappa shape index (κ3) is 2.57. The minimum Gasteiger partial charge on any atom is -0.357 e. The lowest BCUT2D eigenvalue weighted by atomic mass is 10.1. The molecule has 1 aliphatic heterocycles. The monoisotopic (exact) mass is 271 g/mol. The SMILES string of the molecule is OC1(c2ccc(F)cc2)C=CN(Cc2ccccc2)O1. The van der Waals surface area contributed by atoms with Crippen molar-refractivity contribution in [1.29, 1.82) is 0 Å². The molecule has 1 heterocycles. The number of nitrogens with zero attached hydrogens (tertiary/aromatic N) is 1. The number of aliphatic hydroxyl groups is 1. The average molecular weight is 271 g/mol. The zero-order chi connectivity index (χ0) is 14.0. The molecule has 1 aliphatic rings. The number of hydrogen-bond acceptors (Lipinski definition) is 3. The second kappa shape index (κ2) is 5.07. The van der Waals surface area contributed by atoms with Gasteiger partial charge in [0.05, 0.1) is 6.54 Å². The van der Waals surface area contributed by atoms with Gasteiger partial charge in [0.15, 0.2) is 0 Å². The highest BCUT2D eigenvalue weighted by molar-refractivity contribution is 5.26. The van der Waals surface area contributed by atoms with Gasteiger partial charge in [-0.3, -0.25) is 5.06 Å². The molecule has 0 saturated heterocycles. The first-order chi connectivity index (χ1) is 9.66. The molecule has 3 nitrogen and oxygen atoms in total. The summed E-state index contributed by atoms with van der Waals surface area (Å²) in [5.41, 5.74) is 1.56. The molecule has 102 valence electrons. The van der Waals surface area contributed by atoms with Crippen molar-refractivity contribution in [1.82, 2.24) is 5.06 Å². The van der Waals surface area contributed by atoms with E-state index >= 15 is 0 Å². The van der Waals surface area contributed by atoms with E-state index in [1.54, 1.807) is 17.3 Å². The molecule has 0 saturated carbocycles. The lowest BCUT2D eigenvalue weighted by Gasteiger charge is -2.24. The minimum atomic E-state index is -1.54. The van der Waals surface area contributed by atoms with Crippen LogP contribution in [-0.2, 0) is 17.2 Å². The molecule has 0 spiro atoms. The Labute approximate surface area is 116 Å². The van der Waals surface area contributed by atoms with E-state index in [9.17, 15) is 9.50 Å². The van der Waals surface area contributed by atoms with Gasteiger partial charge in [-0.05, 0) is 23.8 Å². The highest BCUT2D eigenvalue weighted by atomic mass is 19.1. The number of hydroxylamine groups is 2. The van der Waals surface area contributed by atoms with E-state index in [1.165, 1.54) is 24.3 Å². The van der Waals surface area contributed by atoms with E-state index < -0.39 is 5.79 Å². The van der Waals surface area contributed by atoms with Crippen LogP contribution in [0.3, 0.4) is 0 Å². The first-order valence-electron chi connectivity index (χ1n) is 6.33. The van der Waals surface area contributed by atoms with Crippen molar-refractivity contribution in [3.63, 3.8) is 0 Å². The van der Waals surface area contributed by atoms with Crippen molar-refractivity contribution in [2.24, 2.45) is 0 Å². The van der Waals surface area contributed by atoms with Crippen molar-refractivity contribution in [3.8, 4) is 0 Å². The summed E-state index contributed by atoms with van der Waals surface area (Å²) in [6.45, 7) is 0.529. The fourth-order valence-corrected chi connectivity index (χ4v) is 2.11. The highest BCUT2D eigenvalue weighted by Crippen LogP contribution is 2.31. The van der Waals surface area contributed by atoms with Gasteiger partial charge in [-0.1, -0.05) is 42.5 Å². The van der Waals surface area contributed by atoms with Crippen LogP contribution in [0.15, 0.2) is 66.9 Å². The lowest BCUT2D eigenvalue weighted by molar-refractivity contribution is -0.280. The predicted octanol–water partition coefficient (Wildman–Crippen LogP) is 2.93. The summed E-state index contributed by atoms with van der Waals surface area (Å²) in [5.74, 6) is -1.89. The van der Waals surface area contributed by atoms with Crippen molar-refractivity contribution in [3.05, 3.63) is 83.8 Å². The minimum absolute atomic E-state index is 0.347. The molecule has 1 N–H and O–H groups in total. The van der Waals surface area contributed by atoms with Gasteiger partial charge in [-0.25, -0.2) is 9.23 Å². The smallest absolute Gasteiger partial charge is 0.238 e. The van der Waals surface area contributed by atoms with Crippen molar-refractivity contribution < 1.29 is 14.3 Å². The Hall–Kier alpha value is -2.17. The average Bonchev–Trinajstić information content (AvgIpc) is 2.83. The molecular weight excluding hydrogens is 257 g/mol. The van der Waals surface area contributed by atoms with Gasteiger partial charge in [0.1, 0.15) is 5.82 Å². The van der Waals surface area contributed by atoms with Crippen LogP contribution in [-0.4, -0.2) is 10.2 Å². The van der Waals surface area contributed by atoms with Crippen molar-refractivity contribution in [2.45, 2.75) is 12.3 Å². The second-order valence-electron chi connectivity index (χ2n) is 4.67. The third-order valence-corrected chi connectivity index (χ3v) is 3.16. The van der Waals surface area contributed by atoms with Gasteiger partial charge in [0.2, 0.25) is 5.79 Å². The summed E-state index contributed by atoms with van der Waals surface area (Å²) in [7, 11) is 0. The summed E-state index contributed by atoms with van der Waals surface area (Å²) in [6.07, 6.45) is 3.22. The Morgan fingerprint density at radius 3 is 2.45 bits per heavy atom. The highest BCUT2D eigenvalue weighted by Gasteiger charge is 2.34. The summed E-state index contributed by atoms with van der Waals surface area (Å²) < 4.78 is 12.9. The lowest BCUT2D eigenvalue weighted by Crippen LogP contribution is -2.28. The van der Waals surface area contributed by atoms with Gasteiger partial charge in [0, 0.05) is 11.8 Å². The third-order valence-electron chi connectivity index (χ3n) is 3.16. The molecule has 1 unspecified atom stereocenters. The Balaban J connectivity index is 1.73. The van der Waals surface area contributed by atoms with Gasteiger partial charge in [-0.2, -0.15) is 0 Å². The van der Waals surface area contributed by atoms with Gasteiger partial charge < -0.3 is 5.11 Å². The van der Waals surface area contributed by atoms with Gasteiger partial charge in [-0.15, -0.1) is 0 Å². The largest absolute Gasteiger partial charge is 0.357 e. The van der Waals surface area contributed by atoms with Gasteiger partial charge >= 0.3 is 0 Å². The standard InChI is InChI=1S/C16H14FNO2/c17-15-8-6-14(7-9-15)16(19)10-11-18(20-16)12-13-4-2-1-3-5-13/h1-11,19H,12H2. The normalized spacial score (nSPS) is 21.4. The summed E-state index contributed by atoms with van der Waals surface area (Å²) >= 11 is 0. The molecule has 0 aliphatic carbocycles. The molecule has 0 radical (unpaired) electrons. The Morgan fingerprint density at radius 1 is 1.05 bits per heavy atom. The van der Waals surface area contributed by atoms with Crippen LogP contribution in [0, 0.1) is 5.82 Å².